The standard InChI is InChI=1S/C9H12N4/c1-13-8(11-7-12-13)5-9(6-10)3-2-4-9/h7H,2-5H2,1H3. The number of aromatic nitrogens is 3. The molecule has 0 unspecified atom stereocenters. The minimum Gasteiger partial charge on any atom is -0.253 e. The van der Waals surface area contributed by atoms with E-state index < -0.39 is 0 Å². The van der Waals surface area contributed by atoms with Crippen molar-refractivity contribution in [2.24, 2.45) is 12.5 Å². The first-order valence-electron chi connectivity index (χ1n) is 4.50. The molecule has 1 aliphatic carbocycles. The first kappa shape index (κ1) is 8.24. The molecule has 1 heterocycles. The van der Waals surface area contributed by atoms with Gasteiger partial charge in [-0.05, 0) is 12.8 Å². The lowest BCUT2D eigenvalue weighted by molar-refractivity contribution is 0.208. The van der Waals surface area contributed by atoms with E-state index in [2.05, 4.69) is 16.2 Å². The van der Waals surface area contributed by atoms with E-state index in [1.807, 2.05) is 7.05 Å². The van der Waals surface area contributed by atoms with Gasteiger partial charge in [0.25, 0.3) is 0 Å². The summed E-state index contributed by atoms with van der Waals surface area (Å²) in [6.45, 7) is 0. The Balaban J connectivity index is 2.14. The van der Waals surface area contributed by atoms with Gasteiger partial charge in [-0.2, -0.15) is 10.4 Å². The second-order valence-corrected chi connectivity index (χ2v) is 3.72. The van der Waals surface area contributed by atoms with Crippen molar-refractivity contribution < 1.29 is 0 Å². The molecule has 4 heteroatoms. The number of nitriles is 1. The van der Waals surface area contributed by atoms with E-state index in [1.54, 1.807) is 11.0 Å². The highest BCUT2D eigenvalue weighted by atomic mass is 15.3. The summed E-state index contributed by atoms with van der Waals surface area (Å²) in [6.07, 6.45) is 5.48. The summed E-state index contributed by atoms with van der Waals surface area (Å²) in [4.78, 5) is 4.13. The molecule has 0 aliphatic heterocycles. The first-order chi connectivity index (χ1) is 6.26. The van der Waals surface area contributed by atoms with Gasteiger partial charge in [0, 0.05) is 13.5 Å². The van der Waals surface area contributed by atoms with Crippen molar-refractivity contribution in [2.75, 3.05) is 0 Å². The highest BCUT2D eigenvalue weighted by molar-refractivity contribution is 5.09. The van der Waals surface area contributed by atoms with Gasteiger partial charge in [-0.15, -0.1) is 0 Å². The van der Waals surface area contributed by atoms with E-state index in [1.165, 1.54) is 6.42 Å². The zero-order valence-electron chi connectivity index (χ0n) is 7.69. The maximum absolute atomic E-state index is 9.02. The van der Waals surface area contributed by atoms with Gasteiger partial charge in [0.1, 0.15) is 12.2 Å². The second kappa shape index (κ2) is 2.84. The summed E-state index contributed by atoms with van der Waals surface area (Å²) in [5.74, 6) is 0.918. The van der Waals surface area contributed by atoms with Gasteiger partial charge in [-0.1, -0.05) is 6.42 Å². The maximum atomic E-state index is 9.02. The minimum absolute atomic E-state index is 0.138. The normalized spacial score (nSPS) is 19.1. The van der Waals surface area contributed by atoms with Gasteiger partial charge in [0.05, 0.1) is 11.5 Å². The van der Waals surface area contributed by atoms with E-state index in [4.69, 9.17) is 5.26 Å². The average Bonchev–Trinajstić information content (AvgIpc) is 2.44. The SMILES string of the molecule is Cn1ncnc1CC1(C#N)CCC1. The quantitative estimate of drug-likeness (QED) is 0.676. The summed E-state index contributed by atoms with van der Waals surface area (Å²) in [5.41, 5.74) is -0.138. The van der Waals surface area contributed by atoms with Crippen molar-refractivity contribution in [1.82, 2.24) is 14.8 Å². The Morgan fingerprint density at radius 1 is 1.69 bits per heavy atom. The van der Waals surface area contributed by atoms with Gasteiger partial charge in [0.15, 0.2) is 0 Å². The first-order valence-corrected chi connectivity index (χ1v) is 4.50. The van der Waals surface area contributed by atoms with Crippen molar-refractivity contribution in [2.45, 2.75) is 25.7 Å². The molecular formula is C9H12N4. The van der Waals surface area contributed by atoms with Crippen LogP contribution >= 0.6 is 0 Å². The van der Waals surface area contributed by atoms with E-state index >= 15 is 0 Å². The highest BCUT2D eigenvalue weighted by Crippen LogP contribution is 2.42. The van der Waals surface area contributed by atoms with Crippen LogP contribution in [0, 0.1) is 16.7 Å². The molecule has 0 atom stereocenters. The van der Waals surface area contributed by atoms with Crippen LogP contribution in [0.3, 0.4) is 0 Å². The third-order valence-electron chi connectivity index (χ3n) is 2.85. The van der Waals surface area contributed by atoms with Crippen LogP contribution in [-0.2, 0) is 13.5 Å². The number of hydrogen-bond donors (Lipinski definition) is 0. The van der Waals surface area contributed by atoms with Crippen LogP contribution in [0.4, 0.5) is 0 Å². The van der Waals surface area contributed by atoms with Gasteiger partial charge < -0.3 is 0 Å². The van der Waals surface area contributed by atoms with Crippen molar-refractivity contribution in [3.63, 3.8) is 0 Å². The van der Waals surface area contributed by atoms with Crippen molar-refractivity contribution in [3.8, 4) is 6.07 Å². The van der Waals surface area contributed by atoms with E-state index in [0.29, 0.717) is 0 Å². The van der Waals surface area contributed by atoms with E-state index in [0.717, 1.165) is 25.1 Å². The Labute approximate surface area is 77.2 Å². The van der Waals surface area contributed by atoms with Gasteiger partial charge in [-0.25, -0.2) is 4.98 Å². The fourth-order valence-electron chi connectivity index (χ4n) is 1.71. The number of hydrogen-bond acceptors (Lipinski definition) is 3. The molecule has 1 saturated carbocycles. The molecule has 1 aromatic rings. The Morgan fingerprint density at radius 3 is 2.85 bits per heavy atom. The van der Waals surface area contributed by atoms with Crippen molar-refractivity contribution in [1.29, 1.82) is 5.26 Å². The minimum atomic E-state index is -0.138. The molecule has 2 rings (SSSR count). The Morgan fingerprint density at radius 2 is 2.46 bits per heavy atom. The third kappa shape index (κ3) is 1.31. The molecule has 1 aromatic heterocycles. The molecule has 0 spiro atoms. The molecule has 0 bridgehead atoms. The predicted octanol–water partition coefficient (Wildman–Crippen LogP) is 1.05. The lowest BCUT2D eigenvalue weighted by atomic mass is 9.68. The smallest absolute Gasteiger partial charge is 0.138 e. The molecule has 0 radical (unpaired) electrons. The maximum Gasteiger partial charge on any atom is 0.138 e. The summed E-state index contributed by atoms with van der Waals surface area (Å²) >= 11 is 0. The largest absolute Gasteiger partial charge is 0.253 e. The molecule has 0 aromatic carbocycles. The Kier molecular flexibility index (Phi) is 1.80. The molecule has 0 N–H and O–H groups in total. The number of aryl methyl sites for hydroxylation is 1. The summed E-state index contributed by atoms with van der Waals surface area (Å²) in [6, 6.07) is 2.40. The van der Waals surface area contributed by atoms with Gasteiger partial charge >= 0.3 is 0 Å². The molecule has 13 heavy (non-hydrogen) atoms. The molecule has 68 valence electrons. The number of nitrogens with zero attached hydrogens (tertiary/aromatic N) is 4. The fourth-order valence-corrected chi connectivity index (χ4v) is 1.71. The fraction of sp³-hybridized carbons (Fsp3) is 0.667. The average molecular weight is 176 g/mol. The predicted molar refractivity (Wildman–Crippen MR) is 46.6 cm³/mol. The van der Waals surface area contributed by atoms with Crippen LogP contribution in [0.2, 0.25) is 0 Å². The van der Waals surface area contributed by atoms with Gasteiger partial charge in [-0.3, -0.25) is 4.68 Å². The molecule has 1 fully saturated rings. The summed E-state index contributed by atoms with van der Waals surface area (Å²) in [7, 11) is 1.87. The zero-order valence-corrected chi connectivity index (χ0v) is 7.69. The Bertz CT molecular complexity index is 343. The number of rotatable bonds is 2. The van der Waals surface area contributed by atoms with Crippen molar-refractivity contribution >= 4 is 0 Å². The van der Waals surface area contributed by atoms with Crippen LogP contribution in [0.5, 0.6) is 0 Å². The molecular weight excluding hydrogens is 164 g/mol. The van der Waals surface area contributed by atoms with Gasteiger partial charge in [0.2, 0.25) is 0 Å². The Hall–Kier alpha value is -1.37. The molecule has 4 nitrogen and oxygen atoms in total. The summed E-state index contributed by atoms with van der Waals surface area (Å²) in [5, 5.41) is 13.0. The van der Waals surface area contributed by atoms with E-state index in [9.17, 15) is 0 Å². The molecule has 1 aliphatic rings. The third-order valence-corrected chi connectivity index (χ3v) is 2.85. The zero-order chi connectivity index (χ0) is 9.31. The lowest BCUT2D eigenvalue weighted by Gasteiger charge is -2.34. The van der Waals surface area contributed by atoms with Crippen LogP contribution in [0.1, 0.15) is 25.1 Å². The molecule has 0 saturated heterocycles. The van der Waals surface area contributed by atoms with Crippen LogP contribution in [0.15, 0.2) is 6.33 Å². The summed E-state index contributed by atoms with van der Waals surface area (Å²) < 4.78 is 1.75. The lowest BCUT2D eigenvalue weighted by Crippen LogP contribution is -2.31. The molecule has 0 amide bonds. The van der Waals surface area contributed by atoms with Crippen LogP contribution in [0.25, 0.3) is 0 Å². The van der Waals surface area contributed by atoms with Crippen LogP contribution < -0.4 is 0 Å². The second-order valence-electron chi connectivity index (χ2n) is 3.72. The topological polar surface area (TPSA) is 54.5 Å². The van der Waals surface area contributed by atoms with Crippen molar-refractivity contribution in [3.05, 3.63) is 12.2 Å². The monoisotopic (exact) mass is 176 g/mol. The van der Waals surface area contributed by atoms with Crippen LogP contribution in [-0.4, -0.2) is 14.8 Å². The van der Waals surface area contributed by atoms with E-state index in [-0.39, 0.29) is 5.41 Å². The highest BCUT2D eigenvalue weighted by Gasteiger charge is 2.38.